The molecule has 3 aromatic rings. The number of piperidine rings is 1. The second kappa shape index (κ2) is 9.40. The van der Waals surface area contributed by atoms with E-state index in [-0.39, 0.29) is 18.5 Å². The van der Waals surface area contributed by atoms with Gasteiger partial charge in [0.05, 0.1) is 24.2 Å². The number of hydrogen-bond donors (Lipinski definition) is 2. The fourth-order valence-electron chi connectivity index (χ4n) is 4.44. The van der Waals surface area contributed by atoms with E-state index in [1.54, 1.807) is 12.4 Å². The normalized spacial score (nSPS) is 17.2. The number of nitrogens with zero attached hydrogens (tertiary/aromatic N) is 5. The van der Waals surface area contributed by atoms with Gasteiger partial charge in [0.15, 0.2) is 17.4 Å². The first-order chi connectivity index (χ1) is 16.1. The fraction of sp³-hybridized carbons (Fsp3) is 0.435. The van der Waals surface area contributed by atoms with Gasteiger partial charge in [-0.1, -0.05) is 0 Å². The summed E-state index contributed by atoms with van der Waals surface area (Å²) in [6, 6.07) is 3.38. The molecule has 0 spiro atoms. The van der Waals surface area contributed by atoms with Crippen LogP contribution in [-0.4, -0.2) is 69.1 Å². The smallest absolute Gasteiger partial charge is 0.167 e. The molecule has 1 saturated heterocycles. The van der Waals surface area contributed by atoms with E-state index < -0.39 is 11.6 Å². The number of rotatable bonds is 6. The van der Waals surface area contributed by atoms with E-state index in [4.69, 9.17) is 14.7 Å². The highest BCUT2D eigenvalue weighted by molar-refractivity contribution is 5.71. The van der Waals surface area contributed by atoms with Gasteiger partial charge in [0.1, 0.15) is 17.6 Å². The molecule has 0 aliphatic carbocycles. The summed E-state index contributed by atoms with van der Waals surface area (Å²) in [5, 5.41) is 16.2. The molecule has 8 nitrogen and oxygen atoms in total. The number of aliphatic hydroxyl groups is 1. The molecule has 0 saturated carbocycles. The number of benzene rings is 1. The van der Waals surface area contributed by atoms with Crippen molar-refractivity contribution in [3.05, 3.63) is 53.6 Å². The Morgan fingerprint density at radius 1 is 1.12 bits per heavy atom. The minimum Gasteiger partial charge on any atom is -0.487 e. The molecule has 2 aliphatic rings. The average molecular weight is 456 g/mol. The van der Waals surface area contributed by atoms with Crippen molar-refractivity contribution in [3.8, 4) is 17.0 Å². The fourth-order valence-corrected chi connectivity index (χ4v) is 4.44. The molecule has 174 valence electrons. The van der Waals surface area contributed by atoms with Crippen LogP contribution in [0.4, 0.5) is 14.6 Å². The zero-order valence-corrected chi connectivity index (χ0v) is 18.2. The van der Waals surface area contributed by atoms with E-state index in [2.05, 4.69) is 20.0 Å². The molecule has 1 aromatic carbocycles. The zero-order valence-electron chi connectivity index (χ0n) is 18.2. The molecule has 5 rings (SSSR count). The Balaban J connectivity index is 1.35. The van der Waals surface area contributed by atoms with Crippen molar-refractivity contribution in [1.29, 1.82) is 0 Å². The number of hydrogen-bond acceptors (Lipinski definition) is 7. The summed E-state index contributed by atoms with van der Waals surface area (Å²) in [6.45, 7) is 3.60. The monoisotopic (exact) mass is 456 g/mol. The van der Waals surface area contributed by atoms with E-state index in [0.717, 1.165) is 47.5 Å². The number of halogens is 2. The van der Waals surface area contributed by atoms with Crippen molar-refractivity contribution in [3.63, 3.8) is 0 Å². The molecule has 2 N–H and O–H groups in total. The number of aliphatic hydroxyl groups excluding tert-OH is 1. The van der Waals surface area contributed by atoms with Gasteiger partial charge in [0.2, 0.25) is 0 Å². The van der Waals surface area contributed by atoms with Gasteiger partial charge in [-0.15, -0.1) is 0 Å². The van der Waals surface area contributed by atoms with Gasteiger partial charge in [-0.05, 0) is 12.1 Å². The average Bonchev–Trinajstić information content (AvgIpc) is 3.36. The summed E-state index contributed by atoms with van der Waals surface area (Å²) in [5.74, 6) is -0.408. The van der Waals surface area contributed by atoms with Crippen molar-refractivity contribution in [2.75, 3.05) is 37.7 Å². The standard InChI is InChI=1S/C23H26F2N6O2/c24-16-1-2-21(18(25)11-16)33-17-3-7-31(8-4-17)23-22(15-12-26-27-13-15)28-20-14-30(9-10-32)6-5-19(20)29-23/h1-2,11-13,17,32H,3-10,14H2,(H,26,27). The molecular formula is C23H26F2N6O2. The van der Waals surface area contributed by atoms with Crippen LogP contribution in [0.5, 0.6) is 5.75 Å². The lowest BCUT2D eigenvalue weighted by molar-refractivity contribution is 0.163. The lowest BCUT2D eigenvalue weighted by Crippen LogP contribution is -2.40. The second-order valence-corrected chi connectivity index (χ2v) is 8.40. The van der Waals surface area contributed by atoms with Crippen LogP contribution in [0.15, 0.2) is 30.6 Å². The van der Waals surface area contributed by atoms with Crippen LogP contribution in [0.25, 0.3) is 11.3 Å². The van der Waals surface area contributed by atoms with Crippen molar-refractivity contribution in [2.45, 2.75) is 31.9 Å². The SMILES string of the molecule is OCCN1CCc2nc(N3CCC(Oc4ccc(F)cc4F)CC3)c(-c3cn[nH]c3)nc2C1. The highest BCUT2D eigenvalue weighted by atomic mass is 19.1. The Hall–Kier alpha value is -3.11. The van der Waals surface area contributed by atoms with Crippen molar-refractivity contribution >= 4 is 5.82 Å². The van der Waals surface area contributed by atoms with Crippen LogP contribution in [0.3, 0.4) is 0 Å². The number of H-pyrrole nitrogens is 1. The summed E-state index contributed by atoms with van der Waals surface area (Å²) in [6.07, 6.45) is 5.54. The Bertz CT molecular complexity index is 1100. The molecular weight excluding hydrogens is 430 g/mol. The summed E-state index contributed by atoms with van der Waals surface area (Å²) in [7, 11) is 0. The summed E-state index contributed by atoms with van der Waals surface area (Å²) >= 11 is 0. The highest BCUT2D eigenvalue weighted by Gasteiger charge is 2.28. The molecule has 2 aromatic heterocycles. The van der Waals surface area contributed by atoms with Crippen molar-refractivity contribution in [2.24, 2.45) is 0 Å². The first kappa shape index (κ1) is 21.7. The Morgan fingerprint density at radius 2 is 1.97 bits per heavy atom. The molecule has 0 radical (unpaired) electrons. The maximum Gasteiger partial charge on any atom is 0.167 e. The van der Waals surface area contributed by atoms with Gasteiger partial charge in [-0.25, -0.2) is 18.7 Å². The van der Waals surface area contributed by atoms with E-state index in [9.17, 15) is 13.9 Å². The van der Waals surface area contributed by atoms with E-state index in [1.807, 2.05) is 0 Å². The number of aromatic amines is 1. The molecule has 0 bridgehead atoms. The number of ether oxygens (including phenoxy) is 1. The van der Waals surface area contributed by atoms with Gasteiger partial charge in [-0.2, -0.15) is 5.10 Å². The van der Waals surface area contributed by atoms with Gasteiger partial charge in [0, 0.05) is 69.8 Å². The number of anilines is 1. The maximum absolute atomic E-state index is 14.0. The number of aromatic nitrogens is 4. The third-order valence-electron chi connectivity index (χ3n) is 6.19. The quantitative estimate of drug-likeness (QED) is 0.589. The summed E-state index contributed by atoms with van der Waals surface area (Å²) in [4.78, 5) is 14.3. The lowest BCUT2D eigenvalue weighted by atomic mass is 10.1. The van der Waals surface area contributed by atoms with E-state index >= 15 is 0 Å². The van der Waals surface area contributed by atoms with E-state index in [0.29, 0.717) is 39.0 Å². The third kappa shape index (κ3) is 4.67. The highest BCUT2D eigenvalue weighted by Crippen LogP contribution is 2.32. The molecule has 0 atom stereocenters. The topological polar surface area (TPSA) is 90.4 Å². The van der Waals surface area contributed by atoms with Crippen LogP contribution < -0.4 is 9.64 Å². The molecule has 2 aliphatic heterocycles. The molecule has 0 unspecified atom stereocenters. The third-order valence-corrected chi connectivity index (χ3v) is 6.19. The molecule has 0 amide bonds. The number of nitrogens with one attached hydrogen (secondary N) is 1. The Labute approximate surface area is 190 Å². The predicted octanol–water partition coefficient (Wildman–Crippen LogP) is 2.54. The van der Waals surface area contributed by atoms with E-state index in [1.165, 1.54) is 12.1 Å². The molecule has 1 fully saturated rings. The number of β-amino-alcohol motifs (C(OH)–C–C–N with tert-alkyl or cyclic N) is 1. The first-order valence-electron chi connectivity index (χ1n) is 11.2. The first-order valence-corrected chi connectivity index (χ1v) is 11.2. The van der Waals surface area contributed by atoms with Crippen molar-refractivity contribution in [1.82, 2.24) is 25.1 Å². The van der Waals surface area contributed by atoms with Gasteiger partial charge >= 0.3 is 0 Å². The van der Waals surface area contributed by atoms with Crippen LogP contribution in [-0.2, 0) is 13.0 Å². The molecule has 10 heteroatoms. The lowest BCUT2D eigenvalue weighted by Gasteiger charge is -2.35. The van der Waals surface area contributed by atoms with Crippen LogP contribution in [0.1, 0.15) is 24.2 Å². The minimum atomic E-state index is -0.685. The second-order valence-electron chi connectivity index (χ2n) is 8.40. The summed E-state index contributed by atoms with van der Waals surface area (Å²) in [5.41, 5.74) is 3.56. The molecule has 4 heterocycles. The zero-order chi connectivity index (χ0) is 22.8. The van der Waals surface area contributed by atoms with Gasteiger partial charge in [-0.3, -0.25) is 10.00 Å². The maximum atomic E-state index is 14.0. The molecule has 33 heavy (non-hydrogen) atoms. The minimum absolute atomic E-state index is 0.0787. The Morgan fingerprint density at radius 3 is 2.70 bits per heavy atom. The van der Waals surface area contributed by atoms with Crippen LogP contribution in [0.2, 0.25) is 0 Å². The van der Waals surface area contributed by atoms with Crippen LogP contribution in [0, 0.1) is 11.6 Å². The van der Waals surface area contributed by atoms with Crippen LogP contribution >= 0.6 is 0 Å². The summed E-state index contributed by atoms with van der Waals surface area (Å²) < 4.78 is 32.9. The number of fused-ring (bicyclic) bond motifs is 1. The van der Waals surface area contributed by atoms with Gasteiger partial charge in [0.25, 0.3) is 0 Å². The van der Waals surface area contributed by atoms with Gasteiger partial charge < -0.3 is 14.7 Å². The Kier molecular flexibility index (Phi) is 6.19. The largest absolute Gasteiger partial charge is 0.487 e. The predicted molar refractivity (Wildman–Crippen MR) is 118 cm³/mol. The van der Waals surface area contributed by atoms with Crippen molar-refractivity contribution < 1.29 is 18.6 Å².